The summed E-state index contributed by atoms with van der Waals surface area (Å²) in [6.07, 6.45) is 3.53. The minimum atomic E-state index is -0.407. The van der Waals surface area contributed by atoms with Crippen molar-refractivity contribution < 1.29 is 4.79 Å². The summed E-state index contributed by atoms with van der Waals surface area (Å²) in [7, 11) is 4.16. The Kier molecular flexibility index (Phi) is 5.94. The van der Waals surface area contributed by atoms with Gasteiger partial charge < -0.3 is 20.1 Å². The van der Waals surface area contributed by atoms with Gasteiger partial charge in [-0.15, -0.1) is 0 Å². The van der Waals surface area contributed by atoms with Gasteiger partial charge in [0, 0.05) is 25.6 Å². The molecule has 2 N–H and O–H groups in total. The predicted molar refractivity (Wildman–Crippen MR) is 106 cm³/mol. The summed E-state index contributed by atoms with van der Waals surface area (Å²) >= 11 is 0. The van der Waals surface area contributed by atoms with E-state index in [4.69, 9.17) is 10.7 Å². The van der Waals surface area contributed by atoms with Crippen LogP contribution in [-0.2, 0) is 6.54 Å². The molecule has 1 aliphatic rings. The van der Waals surface area contributed by atoms with Crippen LogP contribution in [0.2, 0.25) is 0 Å². The molecule has 0 spiro atoms. The minimum Gasteiger partial charge on any atom is -0.366 e. The van der Waals surface area contributed by atoms with E-state index in [-0.39, 0.29) is 0 Å². The van der Waals surface area contributed by atoms with Gasteiger partial charge in [-0.05, 0) is 58.6 Å². The second-order valence-electron chi connectivity index (χ2n) is 7.60. The predicted octanol–water partition coefficient (Wildman–Crippen LogP) is 2.29. The fourth-order valence-electron chi connectivity index (χ4n) is 4.00. The van der Waals surface area contributed by atoms with Crippen molar-refractivity contribution in [1.82, 2.24) is 19.4 Å². The molecule has 1 aromatic heterocycles. The van der Waals surface area contributed by atoms with E-state index in [1.165, 1.54) is 19.4 Å². The van der Waals surface area contributed by atoms with Crippen LogP contribution in [0.5, 0.6) is 0 Å². The molecule has 3 rings (SSSR count). The van der Waals surface area contributed by atoms with Crippen molar-refractivity contribution in [2.24, 2.45) is 5.73 Å². The molecule has 6 nitrogen and oxygen atoms in total. The lowest BCUT2D eigenvalue weighted by atomic mass is 9.97. The Bertz CT molecular complexity index is 765. The van der Waals surface area contributed by atoms with E-state index in [9.17, 15) is 4.79 Å². The second-order valence-corrected chi connectivity index (χ2v) is 7.60. The third-order valence-electron chi connectivity index (χ3n) is 5.26. The zero-order chi connectivity index (χ0) is 18.7. The third kappa shape index (κ3) is 3.91. The van der Waals surface area contributed by atoms with Crippen LogP contribution in [0.25, 0.3) is 11.0 Å². The molecule has 1 aliphatic heterocycles. The number of nitrogens with two attached hydrogens (primary N) is 1. The molecule has 0 bridgehead atoms. The van der Waals surface area contributed by atoms with Gasteiger partial charge in [-0.2, -0.15) is 0 Å². The number of primary amides is 1. The van der Waals surface area contributed by atoms with E-state index < -0.39 is 5.91 Å². The van der Waals surface area contributed by atoms with Crippen LogP contribution in [0.3, 0.4) is 0 Å². The minimum absolute atomic E-state index is 0.407. The van der Waals surface area contributed by atoms with Gasteiger partial charge in [0.1, 0.15) is 11.3 Å². The standard InChI is InChI=1S/C20H31N5O/c1-4-10-24-11-6-7-15(14-24)20-22-18-16(19(21)26)8-5-9-17(18)25(20)13-12-23(2)3/h5,8-9,15H,4,6-7,10-14H2,1-3H3,(H2,21,26). The number of hydrogen-bond acceptors (Lipinski definition) is 4. The molecule has 0 radical (unpaired) electrons. The number of para-hydroxylation sites is 1. The maximum Gasteiger partial charge on any atom is 0.250 e. The van der Waals surface area contributed by atoms with Gasteiger partial charge in [0.25, 0.3) is 5.91 Å². The largest absolute Gasteiger partial charge is 0.366 e. The second kappa shape index (κ2) is 8.18. The number of nitrogens with zero attached hydrogens (tertiary/aromatic N) is 4. The number of likely N-dealkylation sites (N-methyl/N-ethyl adjacent to an activating group) is 1. The molecule has 1 fully saturated rings. The van der Waals surface area contributed by atoms with Crippen LogP contribution >= 0.6 is 0 Å². The number of imidazole rings is 1. The number of amides is 1. The zero-order valence-electron chi connectivity index (χ0n) is 16.2. The highest BCUT2D eigenvalue weighted by molar-refractivity contribution is 6.04. The van der Waals surface area contributed by atoms with Crippen LogP contribution in [0.1, 0.15) is 48.3 Å². The summed E-state index contributed by atoms with van der Waals surface area (Å²) < 4.78 is 2.31. The first kappa shape index (κ1) is 18.9. The van der Waals surface area contributed by atoms with Gasteiger partial charge >= 0.3 is 0 Å². The summed E-state index contributed by atoms with van der Waals surface area (Å²) in [6, 6.07) is 5.74. The highest BCUT2D eigenvalue weighted by atomic mass is 16.1. The topological polar surface area (TPSA) is 67.4 Å². The molecule has 1 aromatic carbocycles. The Morgan fingerprint density at radius 2 is 2.15 bits per heavy atom. The summed E-state index contributed by atoms with van der Waals surface area (Å²) in [4.78, 5) is 21.5. The molecule has 0 aliphatic carbocycles. The molecule has 0 saturated carbocycles. The number of carbonyl (C=O) groups is 1. The van der Waals surface area contributed by atoms with Gasteiger partial charge in [0.2, 0.25) is 0 Å². The highest BCUT2D eigenvalue weighted by Gasteiger charge is 2.27. The number of piperidine rings is 1. The Balaban J connectivity index is 2.03. The first-order valence-electron chi connectivity index (χ1n) is 9.67. The van der Waals surface area contributed by atoms with Crippen molar-refractivity contribution in [3.05, 3.63) is 29.6 Å². The Morgan fingerprint density at radius 3 is 2.85 bits per heavy atom. The van der Waals surface area contributed by atoms with E-state index in [1.54, 1.807) is 6.07 Å². The summed E-state index contributed by atoms with van der Waals surface area (Å²) in [5.41, 5.74) is 7.89. The smallest absolute Gasteiger partial charge is 0.250 e. The molecule has 1 unspecified atom stereocenters. The first-order chi connectivity index (χ1) is 12.5. The number of rotatable bonds is 7. The van der Waals surface area contributed by atoms with Crippen LogP contribution in [0.15, 0.2) is 18.2 Å². The van der Waals surface area contributed by atoms with Gasteiger partial charge in [0.05, 0.1) is 11.1 Å². The van der Waals surface area contributed by atoms with Gasteiger partial charge in [-0.1, -0.05) is 13.0 Å². The number of benzene rings is 1. The van der Waals surface area contributed by atoms with Crippen LogP contribution in [0.4, 0.5) is 0 Å². The SMILES string of the molecule is CCCN1CCCC(c2nc3c(C(N)=O)cccc3n2CCN(C)C)C1. The highest BCUT2D eigenvalue weighted by Crippen LogP contribution is 2.30. The first-order valence-corrected chi connectivity index (χ1v) is 9.67. The number of aromatic nitrogens is 2. The van der Waals surface area contributed by atoms with E-state index >= 15 is 0 Å². The van der Waals surface area contributed by atoms with Gasteiger partial charge in [-0.25, -0.2) is 4.98 Å². The molecule has 2 aromatic rings. The van der Waals surface area contributed by atoms with Gasteiger partial charge in [0.15, 0.2) is 0 Å². The molecule has 2 heterocycles. The lowest BCUT2D eigenvalue weighted by Gasteiger charge is -2.32. The van der Waals surface area contributed by atoms with Crippen molar-refractivity contribution in [3.8, 4) is 0 Å². The molecule has 1 saturated heterocycles. The molecule has 6 heteroatoms. The van der Waals surface area contributed by atoms with Gasteiger partial charge in [-0.3, -0.25) is 4.79 Å². The Labute approximate surface area is 156 Å². The molecular weight excluding hydrogens is 326 g/mol. The number of hydrogen-bond donors (Lipinski definition) is 1. The molecule has 1 atom stereocenters. The van der Waals surface area contributed by atoms with Crippen molar-refractivity contribution in [1.29, 1.82) is 0 Å². The quantitative estimate of drug-likeness (QED) is 0.825. The molecule has 142 valence electrons. The lowest BCUT2D eigenvalue weighted by molar-refractivity contribution is 0.100. The summed E-state index contributed by atoms with van der Waals surface area (Å²) in [5, 5.41) is 0. The van der Waals surface area contributed by atoms with Crippen molar-refractivity contribution >= 4 is 16.9 Å². The number of fused-ring (bicyclic) bond motifs is 1. The number of likely N-dealkylation sites (tertiary alicyclic amines) is 1. The van der Waals surface area contributed by atoms with E-state index in [0.717, 1.165) is 49.5 Å². The maximum atomic E-state index is 11.9. The van der Waals surface area contributed by atoms with E-state index in [2.05, 4.69) is 41.5 Å². The monoisotopic (exact) mass is 357 g/mol. The van der Waals surface area contributed by atoms with Crippen LogP contribution < -0.4 is 5.73 Å². The van der Waals surface area contributed by atoms with Crippen LogP contribution in [0, 0.1) is 0 Å². The Morgan fingerprint density at radius 1 is 1.35 bits per heavy atom. The Hall–Kier alpha value is -1.92. The van der Waals surface area contributed by atoms with Crippen molar-refractivity contribution in [2.75, 3.05) is 40.3 Å². The van der Waals surface area contributed by atoms with E-state index in [0.29, 0.717) is 11.5 Å². The average Bonchev–Trinajstić information content (AvgIpc) is 2.99. The van der Waals surface area contributed by atoms with Crippen molar-refractivity contribution in [3.63, 3.8) is 0 Å². The maximum absolute atomic E-state index is 11.9. The van der Waals surface area contributed by atoms with Crippen LogP contribution in [-0.4, -0.2) is 65.5 Å². The lowest BCUT2D eigenvalue weighted by Crippen LogP contribution is -2.36. The fraction of sp³-hybridized carbons (Fsp3) is 0.600. The van der Waals surface area contributed by atoms with Crippen molar-refractivity contribution in [2.45, 2.75) is 38.6 Å². The number of carbonyl (C=O) groups excluding carboxylic acids is 1. The molecular formula is C20H31N5O. The van der Waals surface area contributed by atoms with E-state index in [1.807, 2.05) is 6.07 Å². The average molecular weight is 358 g/mol. The molecule has 26 heavy (non-hydrogen) atoms. The summed E-state index contributed by atoms with van der Waals surface area (Å²) in [5.74, 6) is 1.11. The normalized spacial score (nSPS) is 18.7. The fourth-order valence-corrected chi connectivity index (χ4v) is 4.00. The third-order valence-corrected chi connectivity index (χ3v) is 5.26. The molecule has 1 amide bonds. The summed E-state index contributed by atoms with van der Waals surface area (Å²) in [6.45, 7) is 7.39. The zero-order valence-corrected chi connectivity index (χ0v) is 16.2.